The summed E-state index contributed by atoms with van der Waals surface area (Å²) in [5, 5.41) is 4.45. The Morgan fingerprint density at radius 3 is 2.67 bits per heavy atom. The minimum Gasteiger partial charge on any atom is -0.267 e. The molecule has 0 bridgehead atoms. The van der Waals surface area contributed by atoms with Crippen molar-refractivity contribution in [3.8, 4) is 0 Å². The molecule has 0 spiro atoms. The van der Waals surface area contributed by atoms with E-state index in [-0.39, 0.29) is 5.91 Å². The number of carbonyl (C=O) groups excluding carboxylic acids is 1. The molecule has 0 unspecified atom stereocenters. The van der Waals surface area contributed by atoms with Gasteiger partial charge in [0.15, 0.2) is 0 Å². The number of nitrogens with zero attached hydrogens (tertiary/aromatic N) is 2. The summed E-state index contributed by atoms with van der Waals surface area (Å²) >= 11 is 3.40. The zero-order valence-corrected chi connectivity index (χ0v) is 14.6. The molecule has 0 saturated carbocycles. The molecule has 0 aliphatic heterocycles. The van der Waals surface area contributed by atoms with Crippen molar-refractivity contribution in [1.82, 2.24) is 9.78 Å². The molecule has 3 nitrogen and oxygen atoms in total. The number of carbonyl (C=O) groups is 1. The SMILES string of the molecule is Cc1nn(C(=O)c2cccc(Br)c2)c(C)c1CCC(C)C. The Balaban J connectivity index is 2.32. The van der Waals surface area contributed by atoms with Crippen LogP contribution in [0.25, 0.3) is 0 Å². The predicted molar refractivity (Wildman–Crippen MR) is 88.7 cm³/mol. The lowest BCUT2D eigenvalue weighted by Crippen LogP contribution is -2.15. The smallest absolute Gasteiger partial charge is 0.267 e. The van der Waals surface area contributed by atoms with Gasteiger partial charge in [-0.2, -0.15) is 5.10 Å². The maximum Gasteiger partial charge on any atom is 0.278 e. The number of rotatable bonds is 4. The zero-order valence-electron chi connectivity index (χ0n) is 13.0. The first-order valence-electron chi connectivity index (χ1n) is 7.25. The van der Waals surface area contributed by atoms with Gasteiger partial charge in [0.25, 0.3) is 5.91 Å². The second-order valence-electron chi connectivity index (χ2n) is 5.81. The largest absolute Gasteiger partial charge is 0.278 e. The molecule has 4 heteroatoms. The van der Waals surface area contributed by atoms with Gasteiger partial charge in [0.05, 0.1) is 5.69 Å². The number of benzene rings is 1. The van der Waals surface area contributed by atoms with Gasteiger partial charge < -0.3 is 0 Å². The van der Waals surface area contributed by atoms with Crippen molar-refractivity contribution in [2.75, 3.05) is 0 Å². The lowest BCUT2D eigenvalue weighted by Gasteiger charge is -2.06. The van der Waals surface area contributed by atoms with Gasteiger partial charge in [-0.1, -0.05) is 35.8 Å². The average Bonchev–Trinajstić information content (AvgIpc) is 2.71. The van der Waals surface area contributed by atoms with Crippen molar-refractivity contribution in [2.24, 2.45) is 5.92 Å². The molecule has 1 aromatic carbocycles. The molecule has 0 amide bonds. The molecule has 2 aromatic rings. The van der Waals surface area contributed by atoms with E-state index in [1.165, 1.54) is 10.2 Å². The summed E-state index contributed by atoms with van der Waals surface area (Å²) < 4.78 is 2.43. The molecule has 0 fully saturated rings. The van der Waals surface area contributed by atoms with Crippen LogP contribution in [0.3, 0.4) is 0 Å². The molecule has 1 heterocycles. The van der Waals surface area contributed by atoms with Crippen LogP contribution in [0.4, 0.5) is 0 Å². The number of aromatic nitrogens is 2. The Kier molecular flexibility index (Phi) is 4.99. The van der Waals surface area contributed by atoms with Crippen LogP contribution in [-0.2, 0) is 6.42 Å². The van der Waals surface area contributed by atoms with Crippen molar-refractivity contribution in [3.63, 3.8) is 0 Å². The summed E-state index contributed by atoms with van der Waals surface area (Å²) in [4.78, 5) is 12.6. The predicted octanol–water partition coefficient (Wildman–Crippen LogP) is 4.54. The highest BCUT2D eigenvalue weighted by Crippen LogP contribution is 2.19. The van der Waals surface area contributed by atoms with Crippen LogP contribution in [0.2, 0.25) is 0 Å². The Morgan fingerprint density at radius 1 is 1.33 bits per heavy atom. The van der Waals surface area contributed by atoms with E-state index in [1.54, 1.807) is 0 Å². The highest BCUT2D eigenvalue weighted by Gasteiger charge is 2.18. The molecule has 0 saturated heterocycles. The third-order valence-electron chi connectivity index (χ3n) is 3.68. The van der Waals surface area contributed by atoms with Gasteiger partial charge in [0.2, 0.25) is 0 Å². The quantitative estimate of drug-likeness (QED) is 0.812. The molecule has 112 valence electrons. The van der Waals surface area contributed by atoms with Crippen LogP contribution in [-0.4, -0.2) is 15.7 Å². The van der Waals surface area contributed by atoms with Gasteiger partial charge in [0, 0.05) is 15.7 Å². The number of halogens is 1. The van der Waals surface area contributed by atoms with Crippen molar-refractivity contribution < 1.29 is 4.79 Å². The third kappa shape index (κ3) is 3.62. The fourth-order valence-electron chi connectivity index (χ4n) is 2.41. The lowest BCUT2D eigenvalue weighted by molar-refractivity contribution is 0.0942. The van der Waals surface area contributed by atoms with Crippen LogP contribution in [0.15, 0.2) is 28.7 Å². The summed E-state index contributed by atoms with van der Waals surface area (Å²) in [6.45, 7) is 8.38. The van der Waals surface area contributed by atoms with Gasteiger partial charge in [-0.3, -0.25) is 4.79 Å². The average molecular weight is 349 g/mol. The monoisotopic (exact) mass is 348 g/mol. The first-order valence-corrected chi connectivity index (χ1v) is 8.04. The van der Waals surface area contributed by atoms with E-state index in [4.69, 9.17) is 0 Å². The second kappa shape index (κ2) is 6.56. The molecule has 0 aliphatic carbocycles. The lowest BCUT2D eigenvalue weighted by atomic mass is 10.0. The first-order chi connectivity index (χ1) is 9.90. The summed E-state index contributed by atoms with van der Waals surface area (Å²) in [5.74, 6) is 0.570. The van der Waals surface area contributed by atoms with Gasteiger partial charge >= 0.3 is 0 Å². The van der Waals surface area contributed by atoms with E-state index in [1.807, 2.05) is 38.1 Å². The van der Waals surface area contributed by atoms with E-state index in [2.05, 4.69) is 34.9 Å². The van der Waals surface area contributed by atoms with Crippen molar-refractivity contribution in [3.05, 3.63) is 51.3 Å². The van der Waals surface area contributed by atoms with Gasteiger partial charge in [-0.25, -0.2) is 4.68 Å². The minimum absolute atomic E-state index is 0.0762. The van der Waals surface area contributed by atoms with Crippen LogP contribution in [0.5, 0.6) is 0 Å². The van der Waals surface area contributed by atoms with E-state index in [9.17, 15) is 4.79 Å². The minimum atomic E-state index is -0.0762. The standard InChI is InChI=1S/C17H21BrN2O/c1-11(2)8-9-16-12(3)19-20(13(16)4)17(21)14-6-5-7-15(18)10-14/h5-7,10-11H,8-9H2,1-4H3. The van der Waals surface area contributed by atoms with Crippen LogP contribution in [0.1, 0.15) is 47.6 Å². The van der Waals surface area contributed by atoms with Crippen LogP contribution < -0.4 is 0 Å². The van der Waals surface area contributed by atoms with Gasteiger partial charge in [0.1, 0.15) is 0 Å². The fraction of sp³-hybridized carbons (Fsp3) is 0.412. The summed E-state index contributed by atoms with van der Waals surface area (Å²) in [7, 11) is 0. The number of hydrogen-bond acceptors (Lipinski definition) is 2. The van der Waals surface area contributed by atoms with E-state index in [0.29, 0.717) is 11.5 Å². The van der Waals surface area contributed by atoms with E-state index in [0.717, 1.165) is 28.7 Å². The zero-order chi connectivity index (χ0) is 15.6. The maximum atomic E-state index is 12.6. The highest BCUT2D eigenvalue weighted by molar-refractivity contribution is 9.10. The topological polar surface area (TPSA) is 34.9 Å². The molecular formula is C17H21BrN2O. The highest BCUT2D eigenvalue weighted by atomic mass is 79.9. The second-order valence-corrected chi connectivity index (χ2v) is 6.72. The fourth-order valence-corrected chi connectivity index (χ4v) is 2.81. The van der Waals surface area contributed by atoms with Gasteiger partial charge in [-0.15, -0.1) is 0 Å². The maximum absolute atomic E-state index is 12.6. The molecular weight excluding hydrogens is 328 g/mol. The molecule has 0 radical (unpaired) electrons. The molecule has 2 rings (SSSR count). The summed E-state index contributed by atoms with van der Waals surface area (Å²) in [6, 6.07) is 7.42. The summed E-state index contributed by atoms with van der Waals surface area (Å²) in [6.07, 6.45) is 2.08. The Bertz CT molecular complexity index is 659. The molecule has 1 aromatic heterocycles. The Hall–Kier alpha value is -1.42. The third-order valence-corrected chi connectivity index (χ3v) is 4.17. The first kappa shape index (κ1) is 16.0. The van der Waals surface area contributed by atoms with E-state index < -0.39 is 0 Å². The van der Waals surface area contributed by atoms with Crippen molar-refractivity contribution in [1.29, 1.82) is 0 Å². The Morgan fingerprint density at radius 2 is 2.05 bits per heavy atom. The summed E-state index contributed by atoms with van der Waals surface area (Å²) in [5.41, 5.74) is 3.76. The van der Waals surface area contributed by atoms with Gasteiger partial charge in [-0.05, 0) is 56.4 Å². The molecule has 21 heavy (non-hydrogen) atoms. The number of aryl methyl sites for hydroxylation is 1. The normalized spacial score (nSPS) is 11.1. The molecule has 0 aliphatic rings. The Labute approximate surface area is 134 Å². The van der Waals surface area contributed by atoms with E-state index >= 15 is 0 Å². The van der Waals surface area contributed by atoms with Crippen molar-refractivity contribution >= 4 is 21.8 Å². The van der Waals surface area contributed by atoms with Crippen molar-refractivity contribution in [2.45, 2.75) is 40.5 Å². The van der Waals surface area contributed by atoms with Crippen LogP contribution >= 0.6 is 15.9 Å². The molecule has 0 atom stereocenters. The molecule has 0 N–H and O–H groups in total. The van der Waals surface area contributed by atoms with Crippen LogP contribution in [0, 0.1) is 19.8 Å². The number of hydrogen-bond donors (Lipinski definition) is 0.